The molecule has 2 aromatic rings. The number of amides is 1. The quantitative estimate of drug-likeness (QED) is 0.942. The Morgan fingerprint density at radius 2 is 1.86 bits per heavy atom. The Morgan fingerprint density at radius 3 is 2.38 bits per heavy atom. The van der Waals surface area contributed by atoms with Crippen LogP contribution in [0.4, 0.5) is 15.8 Å². The molecule has 4 nitrogen and oxygen atoms in total. The van der Waals surface area contributed by atoms with Crippen molar-refractivity contribution < 1.29 is 9.18 Å². The Morgan fingerprint density at radius 1 is 1.19 bits per heavy atom. The van der Waals surface area contributed by atoms with Crippen LogP contribution in [-0.2, 0) is 0 Å². The second-order valence-corrected chi connectivity index (χ2v) is 4.70. The normalized spacial score (nSPS) is 9.81. The van der Waals surface area contributed by atoms with Gasteiger partial charge in [-0.25, -0.2) is 4.39 Å². The van der Waals surface area contributed by atoms with E-state index in [2.05, 4.69) is 5.32 Å². The SMILES string of the molecule is CN(C)c1ccc(NC(=O)c2ccc(C#N)cc2F)cc1. The summed E-state index contributed by atoms with van der Waals surface area (Å²) in [6.07, 6.45) is 0. The molecule has 0 aliphatic carbocycles. The van der Waals surface area contributed by atoms with E-state index in [0.717, 1.165) is 11.8 Å². The number of carbonyl (C=O) groups excluding carboxylic acids is 1. The van der Waals surface area contributed by atoms with Crippen LogP contribution in [-0.4, -0.2) is 20.0 Å². The third kappa shape index (κ3) is 3.37. The predicted molar refractivity (Wildman–Crippen MR) is 79.8 cm³/mol. The highest BCUT2D eigenvalue weighted by Gasteiger charge is 2.12. The van der Waals surface area contributed by atoms with Crippen molar-refractivity contribution in [3.63, 3.8) is 0 Å². The van der Waals surface area contributed by atoms with Crippen LogP contribution in [0.3, 0.4) is 0 Å². The lowest BCUT2D eigenvalue weighted by Gasteiger charge is -2.13. The van der Waals surface area contributed by atoms with Crippen molar-refractivity contribution in [1.82, 2.24) is 0 Å². The molecule has 2 aromatic carbocycles. The number of anilines is 2. The summed E-state index contributed by atoms with van der Waals surface area (Å²) in [7, 11) is 3.83. The van der Waals surface area contributed by atoms with Gasteiger partial charge in [0.2, 0.25) is 0 Å². The lowest BCUT2D eigenvalue weighted by molar-refractivity contribution is 0.102. The van der Waals surface area contributed by atoms with Crippen molar-refractivity contribution in [1.29, 1.82) is 5.26 Å². The van der Waals surface area contributed by atoms with Crippen LogP contribution in [0.5, 0.6) is 0 Å². The van der Waals surface area contributed by atoms with Gasteiger partial charge >= 0.3 is 0 Å². The van der Waals surface area contributed by atoms with Crippen molar-refractivity contribution in [2.24, 2.45) is 0 Å². The van der Waals surface area contributed by atoms with Gasteiger partial charge in [0.05, 0.1) is 17.2 Å². The molecule has 0 aliphatic heterocycles. The van der Waals surface area contributed by atoms with Crippen LogP contribution in [0.2, 0.25) is 0 Å². The van der Waals surface area contributed by atoms with E-state index in [4.69, 9.17) is 5.26 Å². The first-order valence-corrected chi connectivity index (χ1v) is 6.29. The van der Waals surface area contributed by atoms with E-state index in [1.54, 1.807) is 12.1 Å². The zero-order valence-electron chi connectivity index (χ0n) is 11.7. The zero-order chi connectivity index (χ0) is 15.4. The number of nitriles is 1. The summed E-state index contributed by atoms with van der Waals surface area (Å²) in [6.45, 7) is 0. The minimum atomic E-state index is -0.712. The molecule has 0 saturated carbocycles. The molecule has 0 atom stereocenters. The zero-order valence-corrected chi connectivity index (χ0v) is 11.7. The highest BCUT2D eigenvalue weighted by atomic mass is 19.1. The van der Waals surface area contributed by atoms with Crippen LogP contribution in [0.25, 0.3) is 0 Å². The molecule has 21 heavy (non-hydrogen) atoms. The maximum Gasteiger partial charge on any atom is 0.258 e. The summed E-state index contributed by atoms with van der Waals surface area (Å²) in [4.78, 5) is 13.9. The van der Waals surface area contributed by atoms with E-state index in [-0.39, 0.29) is 11.1 Å². The largest absolute Gasteiger partial charge is 0.378 e. The van der Waals surface area contributed by atoms with Crippen molar-refractivity contribution >= 4 is 17.3 Å². The van der Waals surface area contributed by atoms with E-state index in [9.17, 15) is 9.18 Å². The monoisotopic (exact) mass is 283 g/mol. The first-order chi connectivity index (χ1) is 10.0. The Hall–Kier alpha value is -2.87. The molecule has 0 saturated heterocycles. The Labute approximate surface area is 122 Å². The molecule has 0 aromatic heterocycles. The summed E-state index contributed by atoms with van der Waals surface area (Å²) in [5.41, 5.74) is 1.66. The van der Waals surface area contributed by atoms with E-state index in [1.807, 2.05) is 37.2 Å². The minimum absolute atomic E-state index is 0.0920. The molecule has 2 rings (SSSR count). The van der Waals surface area contributed by atoms with Gasteiger partial charge in [0, 0.05) is 25.5 Å². The maximum absolute atomic E-state index is 13.7. The van der Waals surface area contributed by atoms with E-state index in [1.165, 1.54) is 12.1 Å². The van der Waals surface area contributed by atoms with Gasteiger partial charge < -0.3 is 10.2 Å². The Bertz CT molecular complexity index is 702. The highest BCUT2D eigenvalue weighted by molar-refractivity contribution is 6.04. The van der Waals surface area contributed by atoms with Gasteiger partial charge in [-0.2, -0.15) is 5.26 Å². The van der Waals surface area contributed by atoms with Crippen molar-refractivity contribution in [3.05, 3.63) is 59.4 Å². The molecule has 0 spiro atoms. The summed E-state index contributed by atoms with van der Waals surface area (Å²) in [5, 5.41) is 11.3. The van der Waals surface area contributed by atoms with E-state index < -0.39 is 11.7 Å². The molecule has 0 aliphatic rings. The van der Waals surface area contributed by atoms with Gasteiger partial charge in [0.15, 0.2) is 0 Å². The molecule has 0 bridgehead atoms. The van der Waals surface area contributed by atoms with Crippen molar-refractivity contribution in [3.8, 4) is 6.07 Å². The number of rotatable bonds is 3. The number of hydrogen-bond acceptors (Lipinski definition) is 3. The van der Waals surface area contributed by atoms with Gasteiger partial charge in [0.1, 0.15) is 5.82 Å². The van der Waals surface area contributed by atoms with Gasteiger partial charge in [-0.05, 0) is 42.5 Å². The lowest BCUT2D eigenvalue weighted by Crippen LogP contribution is -2.14. The summed E-state index contributed by atoms with van der Waals surface area (Å²) < 4.78 is 13.7. The van der Waals surface area contributed by atoms with Crippen molar-refractivity contribution in [2.45, 2.75) is 0 Å². The fourth-order valence-corrected chi connectivity index (χ4v) is 1.81. The lowest BCUT2D eigenvalue weighted by atomic mass is 10.1. The molecule has 5 heteroatoms. The third-order valence-electron chi connectivity index (χ3n) is 2.98. The van der Waals surface area contributed by atoms with E-state index >= 15 is 0 Å². The molecule has 0 fully saturated rings. The third-order valence-corrected chi connectivity index (χ3v) is 2.98. The maximum atomic E-state index is 13.7. The first kappa shape index (κ1) is 14.5. The van der Waals surface area contributed by atoms with Crippen molar-refractivity contribution in [2.75, 3.05) is 24.3 Å². The average molecular weight is 283 g/mol. The second kappa shape index (κ2) is 6.06. The molecule has 1 N–H and O–H groups in total. The molecule has 1 amide bonds. The van der Waals surface area contributed by atoms with Gasteiger partial charge in [-0.15, -0.1) is 0 Å². The molecule has 106 valence electrons. The van der Waals surface area contributed by atoms with Crippen LogP contribution in [0, 0.1) is 17.1 Å². The van der Waals surface area contributed by atoms with Crippen LogP contribution < -0.4 is 10.2 Å². The minimum Gasteiger partial charge on any atom is -0.378 e. The van der Waals surface area contributed by atoms with Crippen LogP contribution in [0.15, 0.2) is 42.5 Å². The summed E-state index contributed by atoms with van der Waals surface area (Å²) >= 11 is 0. The number of benzene rings is 2. The molecular formula is C16H14FN3O. The first-order valence-electron chi connectivity index (χ1n) is 6.29. The van der Waals surface area contributed by atoms with Gasteiger partial charge in [-0.1, -0.05) is 0 Å². The highest BCUT2D eigenvalue weighted by Crippen LogP contribution is 2.17. The Kier molecular flexibility index (Phi) is 4.19. The van der Waals surface area contributed by atoms with Crippen LogP contribution in [0.1, 0.15) is 15.9 Å². The second-order valence-electron chi connectivity index (χ2n) is 4.70. The fourth-order valence-electron chi connectivity index (χ4n) is 1.81. The van der Waals surface area contributed by atoms with Crippen LogP contribution >= 0.6 is 0 Å². The predicted octanol–water partition coefficient (Wildman–Crippen LogP) is 3.02. The number of nitrogens with zero attached hydrogens (tertiary/aromatic N) is 2. The molecule has 0 radical (unpaired) electrons. The standard InChI is InChI=1S/C16H14FN3O/c1-20(2)13-6-4-12(5-7-13)19-16(21)14-8-3-11(10-18)9-15(14)17/h3-9H,1-2H3,(H,19,21). The molecular weight excluding hydrogens is 269 g/mol. The molecule has 0 heterocycles. The topological polar surface area (TPSA) is 56.1 Å². The average Bonchev–Trinajstić information content (AvgIpc) is 2.47. The summed E-state index contributed by atoms with van der Waals surface area (Å²) in [6, 6.07) is 12.8. The fraction of sp³-hybridized carbons (Fsp3) is 0.125. The smallest absolute Gasteiger partial charge is 0.258 e. The number of carbonyl (C=O) groups is 1. The van der Waals surface area contributed by atoms with Gasteiger partial charge in [0.25, 0.3) is 5.91 Å². The number of nitrogens with one attached hydrogen (secondary N) is 1. The number of halogens is 1. The van der Waals surface area contributed by atoms with E-state index in [0.29, 0.717) is 5.69 Å². The summed E-state index contributed by atoms with van der Waals surface area (Å²) in [5.74, 6) is -1.26. The Balaban J connectivity index is 2.16. The molecule has 0 unspecified atom stereocenters. The number of hydrogen-bond donors (Lipinski definition) is 1. The van der Waals surface area contributed by atoms with Gasteiger partial charge in [-0.3, -0.25) is 4.79 Å².